The molecule has 3 rings (SSSR count). The van der Waals surface area contributed by atoms with E-state index in [1.165, 1.54) is 154 Å². The van der Waals surface area contributed by atoms with Crippen molar-refractivity contribution in [3.8, 4) is 0 Å². The summed E-state index contributed by atoms with van der Waals surface area (Å²) in [7, 11) is 0. The number of aliphatic hydroxyl groups is 11. The third kappa shape index (κ3) is 34.1. The molecule has 17 unspecified atom stereocenters. The summed E-state index contributed by atoms with van der Waals surface area (Å²) in [6, 6.07) is -0.888. The van der Waals surface area contributed by atoms with Gasteiger partial charge in [0.05, 0.1) is 38.6 Å². The molecule has 0 aliphatic carbocycles. The fourth-order valence-electron chi connectivity index (χ4n) is 12.0. The molecular weight excluding hydrogens is 1140 g/mol. The molecule has 520 valence electrons. The molecule has 0 radical (unpaired) electrons. The summed E-state index contributed by atoms with van der Waals surface area (Å²) in [5, 5.41) is 121. The number of amides is 1. The minimum atomic E-state index is -1.97. The third-order valence-electron chi connectivity index (χ3n) is 17.7. The molecule has 17 atom stereocenters. The molecule has 12 N–H and O–H groups in total. The highest BCUT2D eigenvalue weighted by Gasteiger charge is 2.53. The number of rotatable bonds is 54. The number of carbonyl (C=O) groups is 1. The average Bonchev–Trinajstić information content (AvgIpc) is 2.46. The minimum Gasteiger partial charge on any atom is -0.394 e. The second-order valence-electron chi connectivity index (χ2n) is 25.3. The molecule has 3 saturated heterocycles. The quantitative estimate of drug-likeness (QED) is 0.0199. The van der Waals surface area contributed by atoms with Crippen molar-refractivity contribution in [2.45, 2.75) is 362 Å². The van der Waals surface area contributed by atoms with E-state index in [0.29, 0.717) is 12.8 Å². The summed E-state index contributed by atoms with van der Waals surface area (Å²) in [6.45, 7) is 1.70. The molecule has 89 heavy (non-hydrogen) atoms. The third-order valence-corrected chi connectivity index (χ3v) is 17.7. The zero-order valence-electron chi connectivity index (χ0n) is 54.9. The summed E-state index contributed by atoms with van der Waals surface area (Å²) in [6.07, 6.45) is 34.7. The van der Waals surface area contributed by atoms with Crippen molar-refractivity contribution in [3.05, 3.63) is 48.6 Å². The van der Waals surface area contributed by atoms with Gasteiger partial charge in [-0.25, -0.2) is 0 Å². The number of carbonyl (C=O) groups excluding carboxylic acids is 1. The van der Waals surface area contributed by atoms with E-state index in [2.05, 4.69) is 67.8 Å². The van der Waals surface area contributed by atoms with Crippen molar-refractivity contribution in [2.24, 2.45) is 0 Å². The second kappa shape index (κ2) is 52.1. The van der Waals surface area contributed by atoms with Gasteiger partial charge in [0, 0.05) is 6.42 Å². The number of ether oxygens (including phenoxy) is 6. The van der Waals surface area contributed by atoms with Gasteiger partial charge in [-0.3, -0.25) is 4.79 Å². The minimum absolute atomic E-state index is 0.243. The highest BCUT2D eigenvalue weighted by molar-refractivity contribution is 5.76. The predicted molar refractivity (Wildman–Crippen MR) is 346 cm³/mol. The van der Waals surface area contributed by atoms with Crippen LogP contribution in [0.4, 0.5) is 0 Å². The maximum absolute atomic E-state index is 13.4. The van der Waals surface area contributed by atoms with Gasteiger partial charge in [0.15, 0.2) is 18.9 Å². The van der Waals surface area contributed by atoms with E-state index in [-0.39, 0.29) is 18.9 Å². The molecule has 3 aliphatic heterocycles. The maximum Gasteiger partial charge on any atom is 0.220 e. The molecular formula is C70H127NO18. The summed E-state index contributed by atoms with van der Waals surface area (Å²) >= 11 is 0. The Balaban J connectivity index is 1.41. The lowest BCUT2D eigenvalue weighted by Crippen LogP contribution is -2.66. The first-order valence-corrected chi connectivity index (χ1v) is 35.4. The van der Waals surface area contributed by atoms with Crippen LogP contribution in [-0.4, -0.2) is 193 Å². The first kappa shape index (κ1) is 81.0. The highest BCUT2D eigenvalue weighted by atomic mass is 16.8. The van der Waals surface area contributed by atoms with E-state index in [1.54, 1.807) is 0 Å². The van der Waals surface area contributed by atoms with Crippen LogP contribution < -0.4 is 5.32 Å². The molecule has 0 aromatic carbocycles. The summed E-state index contributed by atoms with van der Waals surface area (Å²) in [5.41, 5.74) is 0. The molecule has 19 nitrogen and oxygen atoms in total. The van der Waals surface area contributed by atoms with Crippen LogP contribution in [0.3, 0.4) is 0 Å². The van der Waals surface area contributed by atoms with Gasteiger partial charge in [0.2, 0.25) is 5.91 Å². The molecule has 3 aliphatic rings. The van der Waals surface area contributed by atoms with Crippen molar-refractivity contribution in [2.75, 3.05) is 26.4 Å². The van der Waals surface area contributed by atoms with Crippen LogP contribution in [0.1, 0.15) is 258 Å². The van der Waals surface area contributed by atoms with Gasteiger partial charge < -0.3 is 89.9 Å². The summed E-state index contributed by atoms with van der Waals surface area (Å²) < 4.78 is 34.4. The second-order valence-corrected chi connectivity index (χ2v) is 25.3. The van der Waals surface area contributed by atoms with Crippen LogP contribution >= 0.6 is 0 Å². The van der Waals surface area contributed by atoms with Crippen LogP contribution in [0.25, 0.3) is 0 Å². The average molecular weight is 1270 g/mol. The smallest absolute Gasteiger partial charge is 0.220 e. The molecule has 1 amide bonds. The van der Waals surface area contributed by atoms with Gasteiger partial charge in [-0.2, -0.15) is 0 Å². The molecule has 0 saturated carbocycles. The molecule has 3 heterocycles. The van der Waals surface area contributed by atoms with Gasteiger partial charge >= 0.3 is 0 Å². The van der Waals surface area contributed by atoms with Crippen molar-refractivity contribution in [3.63, 3.8) is 0 Å². The van der Waals surface area contributed by atoms with Gasteiger partial charge in [0.1, 0.15) is 73.2 Å². The van der Waals surface area contributed by atoms with E-state index in [9.17, 15) is 61.0 Å². The molecule has 0 spiro atoms. The largest absolute Gasteiger partial charge is 0.394 e. The Kier molecular flexibility index (Phi) is 47.4. The topological polar surface area (TPSA) is 307 Å². The summed E-state index contributed by atoms with van der Waals surface area (Å²) in [4.78, 5) is 13.4. The monoisotopic (exact) mass is 1270 g/mol. The van der Waals surface area contributed by atoms with Gasteiger partial charge in [-0.1, -0.05) is 249 Å². The van der Waals surface area contributed by atoms with Crippen LogP contribution in [0.2, 0.25) is 0 Å². The Morgan fingerprint density at radius 2 is 0.775 bits per heavy atom. The fraction of sp³-hybridized carbons (Fsp3) is 0.871. The first-order valence-electron chi connectivity index (χ1n) is 35.4. The predicted octanol–water partition coefficient (Wildman–Crippen LogP) is 9.39. The van der Waals surface area contributed by atoms with E-state index in [0.717, 1.165) is 70.6 Å². The van der Waals surface area contributed by atoms with Crippen molar-refractivity contribution in [1.29, 1.82) is 0 Å². The normalized spacial score (nSPS) is 28.5. The fourth-order valence-corrected chi connectivity index (χ4v) is 12.0. The Bertz CT molecular complexity index is 1800. The van der Waals surface area contributed by atoms with Crippen molar-refractivity contribution < 1.29 is 89.4 Å². The Hall–Kier alpha value is -2.25. The van der Waals surface area contributed by atoms with Gasteiger partial charge in [-0.15, -0.1) is 0 Å². The highest BCUT2D eigenvalue weighted by Crippen LogP contribution is 2.33. The van der Waals surface area contributed by atoms with Crippen LogP contribution in [-0.2, 0) is 33.2 Å². The number of hydrogen-bond donors (Lipinski definition) is 12. The number of hydrogen-bond acceptors (Lipinski definition) is 18. The Morgan fingerprint density at radius 3 is 1.21 bits per heavy atom. The van der Waals surface area contributed by atoms with Crippen LogP contribution in [0.5, 0.6) is 0 Å². The van der Waals surface area contributed by atoms with Crippen molar-refractivity contribution in [1.82, 2.24) is 5.32 Å². The molecule has 0 bridgehead atoms. The zero-order chi connectivity index (χ0) is 64.7. The summed E-state index contributed by atoms with van der Waals surface area (Å²) in [5.74, 6) is -0.243. The van der Waals surface area contributed by atoms with Crippen LogP contribution in [0.15, 0.2) is 48.6 Å². The van der Waals surface area contributed by atoms with E-state index in [4.69, 9.17) is 28.4 Å². The van der Waals surface area contributed by atoms with E-state index < -0.39 is 124 Å². The first-order chi connectivity index (χ1) is 43.3. The number of allylic oxidation sites excluding steroid dienone is 8. The molecule has 0 aromatic rings. The lowest BCUT2D eigenvalue weighted by atomic mass is 9.96. The van der Waals surface area contributed by atoms with Crippen LogP contribution in [0, 0.1) is 0 Å². The number of nitrogens with one attached hydrogen (secondary N) is 1. The lowest BCUT2D eigenvalue weighted by Gasteiger charge is -2.48. The number of unbranched alkanes of at least 4 members (excludes halogenated alkanes) is 30. The number of aliphatic hydroxyl groups excluding tert-OH is 11. The van der Waals surface area contributed by atoms with Crippen molar-refractivity contribution >= 4 is 5.91 Å². The lowest BCUT2D eigenvalue weighted by molar-refractivity contribution is -0.379. The van der Waals surface area contributed by atoms with Gasteiger partial charge in [-0.05, 0) is 51.4 Å². The van der Waals surface area contributed by atoms with Gasteiger partial charge in [0.25, 0.3) is 0 Å². The molecule has 19 heteroatoms. The molecule has 3 fully saturated rings. The molecule has 0 aromatic heterocycles. The van der Waals surface area contributed by atoms with E-state index >= 15 is 0 Å². The van der Waals surface area contributed by atoms with E-state index in [1.807, 2.05) is 0 Å². The Labute approximate surface area is 535 Å². The SMILES string of the molecule is CC/C=C\C/C=C\C/C=C\C/C=C\CCCCCCCCCCCCCCCCC(=O)NC(COC1OC(CO)C(OC2OC(CO)C(OC3OC(CO)C(O)C(O)C3O)C(O)C2O)C(O)C1O)C(O)CCCCCCCCCCCCCCCCCCC. The zero-order valence-corrected chi connectivity index (χ0v) is 54.9. The standard InChI is InChI=1S/C70H127NO18/c1-3-5-7-9-11-13-15-17-19-21-22-23-24-25-26-27-28-29-30-32-34-36-38-40-42-44-46-48-58(76)71-53(54(75)47-45-43-41-39-37-35-33-31-20-18-16-14-12-10-8-6-4-2)52-84-68-64(82)61(79)66(56(50-73)86-68)89-70-65(83)62(80)67(57(51-74)87-70)88-69-63(81)60(78)59(77)55(49-72)85-69/h5,7,11,13,17,19,22-23,53-57,59-70,72-75,77-83H,3-4,6,8-10,12,14-16,18,20-21,24-52H2,1-2H3,(H,71,76)/b7-5-,13-11-,19-17-,23-22-. The Morgan fingerprint density at radius 1 is 0.416 bits per heavy atom. The maximum atomic E-state index is 13.4.